The van der Waals surface area contributed by atoms with E-state index in [0.717, 1.165) is 12.8 Å². The van der Waals surface area contributed by atoms with E-state index in [1.54, 1.807) is 6.92 Å². The summed E-state index contributed by atoms with van der Waals surface area (Å²) in [5.41, 5.74) is -2.13. The van der Waals surface area contributed by atoms with Crippen molar-refractivity contribution in [3.8, 4) is 0 Å². The molecule has 3 nitrogen and oxygen atoms in total. The van der Waals surface area contributed by atoms with Crippen LogP contribution in [0.5, 0.6) is 0 Å². The molecule has 0 aromatic heterocycles. The summed E-state index contributed by atoms with van der Waals surface area (Å²) in [4.78, 5) is 11.6. The maximum atomic E-state index is 11.6. The lowest BCUT2D eigenvalue weighted by Gasteiger charge is -2.51. The molecule has 3 heteroatoms. The molecule has 1 aliphatic carbocycles. The van der Waals surface area contributed by atoms with E-state index in [0.29, 0.717) is 12.8 Å². The quantitative estimate of drug-likeness (QED) is 0.799. The zero-order chi connectivity index (χ0) is 13.5. The van der Waals surface area contributed by atoms with Crippen LogP contribution in [0.3, 0.4) is 0 Å². The van der Waals surface area contributed by atoms with E-state index in [1.165, 1.54) is 0 Å². The highest BCUT2D eigenvalue weighted by Gasteiger charge is 2.57. The fourth-order valence-corrected chi connectivity index (χ4v) is 3.25. The normalized spacial score (nSPS) is 32.2. The van der Waals surface area contributed by atoms with Crippen molar-refractivity contribution in [3.05, 3.63) is 0 Å². The topological polar surface area (TPSA) is 57.5 Å². The van der Waals surface area contributed by atoms with Crippen molar-refractivity contribution in [2.75, 3.05) is 0 Å². The predicted molar refractivity (Wildman–Crippen MR) is 67.8 cm³/mol. The Morgan fingerprint density at radius 2 is 1.82 bits per heavy atom. The van der Waals surface area contributed by atoms with Crippen molar-refractivity contribution in [2.45, 2.75) is 65.9 Å². The van der Waals surface area contributed by atoms with Gasteiger partial charge in [0, 0.05) is 0 Å². The molecule has 0 spiro atoms. The molecule has 17 heavy (non-hydrogen) atoms. The first-order valence-corrected chi connectivity index (χ1v) is 6.51. The summed E-state index contributed by atoms with van der Waals surface area (Å²) in [6.45, 7) is 9.68. The van der Waals surface area contributed by atoms with Gasteiger partial charge in [-0.25, -0.2) is 0 Å². The van der Waals surface area contributed by atoms with Gasteiger partial charge in [0.15, 0.2) is 0 Å². The molecule has 0 heterocycles. The molecular formula is C14H26O3. The number of aliphatic carboxylic acids is 1. The van der Waals surface area contributed by atoms with Gasteiger partial charge in [0.1, 0.15) is 0 Å². The van der Waals surface area contributed by atoms with Gasteiger partial charge < -0.3 is 10.2 Å². The molecule has 100 valence electrons. The Bertz CT molecular complexity index is 309. The molecule has 2 atom stereocenters. The van der Waals surface area contributed by atoms with Crippen molar-refractivity contribution in [3.63, 3.8) is 0 Å². The highest BCUT2D eigenvalue weighted by molar-refractivity contribution is 5.76. The Balaban J connectivity index is 3.13. The number of rotatable bonds is 3. The van der Waals surface area contributed by atoms with Crippen LogP contribution >= 0.6 is 0 Å². The van der Waals surface area contributed by atoms with Crippen LogP contribution in [0.1, 0.15) is 60.3 Å². The van der Waals surface area contributed by atoms with E-state index in [2.05, 4.69) is 13.8 Å². The van der Waals surface area contributed by atoms with E-state index < -0.39 is 17.0 Å². The minimum absolute atomic E-state index is 0.0264. The summed E-state index contributed by atoms with van der Waals surface area (Å²) in [6.07, 6.45) is 3.13. The fourth-order valence-electron chi connectivity index (χ4n) is 3.25. The van der Waals surface area contributed by atoms with E-state index in [-0.39, 0.29) is 11.3 Å². The average Bonchev–Trinajstić information content (AvgIpc) is 2.13. The van der Waals surface area contributed by atoms with Gasteiger partial charge in [0.25, 0.3) is 0 Å². The second-order valence-electron chi connectivity index (χ2n) is 6.89. The summed E-state index contributed by atoms with van der Waals surface area (Å²) in [5, 5.41) is 20.4. The lowest BCUT2D eigenvalue weighted by Crippen LogP contribution is -2.57. The molecular weight excluding hydrogens is 216 g/mol. The number of carbonyl (C=O) groups is 1. The summed E-state index contributed by atoms with van der Waals surface area (Å²) in [5.74, 6) is -0.966. The minimum Gasteiger partial charge on any atom is -0.481 e. The highest BCUT2D eigenvalue weighted by Crippen LogP contribution is 2.52. The average molecular weight is 242 g/mol. The van der Waals surface area contributed by atoms with Crippen molar-refractivity contribution in [2.24, 2.45) is 16.7 Å². The first kappa shape index (κ1) is 14.5. The van der Waals surface area contributed by atoms with Crippen molar-refractivity contribution in [1.82, 2.24) is 0 Å². The fraction of sp³-hybridized carbons (Fsp3) is 0.929. The van der Waals surface area contributed by atoms with Gasteiger partial charge in [-0.05, 0) is 37.5 Å². The molecule has 1 aliphatic rings. The van der Waals surface area contributed by atoms with E-state index in [1.807, 2.05) is 13.8 Å². The van der Waals surface area contributed by atoms with Crippen molar-refractivity contribution < 1.29 is 15.0 Å². The Kier molecular flexibility index (Phi) is 3.64. The monoisotopic (exact) mass is 242 g/mol. The lowest BCUT2D eigenvalue weighted by atomic mass is 9.56. The minimum atomic E-state index is -1.09. The molecule has 0 aromatic carbocycles. The van der Waals surface area contributed by atoms with Crippen LogP contribution in [0.2, 0.25) is 0 Å². The zero-order valence-corrected chi connectivity index (χ0v) is 11.7. The predicted octanol–water partition coefficient (Wildman–Crippen LogP) is 3.06. The molecule has 1 rings (SSSR count). The van der Waals surface area contributed by atoms with Gasteiger partial charge in [0.2, 0.25) is 0 Å². The van der Waals surface area contributed by atoms with Gasteiger partial charge in [-0.2, -0.15) is 0 Å². The molecule has 0 aromatic rings. The molecule has 0 amide bonds. The number of hydrogen-bond donors (Lipinski definition) is 2. The number of hydrogen-bond acceptors (Lipinski definition) is 2. The Hall–Kier alpha value is -0.570. The van der Waals surface area contributed by atoms with E-state index in [4.69, 9.17) is 0 Å². The third-order valence-electron chi connectivity index (χ3n) is 4.78. The lowest BCUT2D eigenvalue weighted by molar-refractivity contribution is -0.187. The molecule has 1 saturated carbocycles. The van der Waals surface area contributed by atoms with Gasteiger partial charge in [0.05, 0.1) is 11.0 Å². The second-order valence-corrected chi connectivity index (χ2v) is 6.89. The first-order valence-electron chi connectivity index (χ1n) is 6.51. The number of carboxylic acids is 1. The molecule has 0 bridgehead atoms. The molecule has 0 saturated heterocycles. The number of aliphatic hydroxyl groups is 1. The smallest absolute Gasteiger partial charge is 0.312 e. The highest BCUT2D eigenvalue weighted by atomic mass is 16.4. The number of carboxylic acid groups (broad SMARTS) is 1. The third-order valence-corrected chi connectivity index (χ3v) is 4.78. The van der Waals surface area contributed by atoms with Crippen LogP contribution < -0.4 is 0 Å². The molecule has 1 fully saturated rings. The zero-order valence-electron chi connectivity index (χ0n) is 11.7. The molecule has 0 radical (unpaired) electrons. The summed E-state index contributed by atoms with van der Waals surface area (Å²) < 4.78 is 0. The van der Waals surface area contributed by atoms with Gasteiger partial charge in [-0.1, -0.05) is 34.1 Å². The van der Waals surface area contributed by atoms with Crippen LogP contribution in [0.15, 0.2) is 0 Å². The first-order chi connectivity index (χ1) is 7.55. The van der Waals surface area contributed by atoms with Crippen LogP contribution in [-0.4, -0.2) is 21.8 Å². The molecule has 0 aliphatic heterocycles. The summed E-state index contributed by atoms with van der Waals surface area (Å²) in [6, 6.07) is 0. The Labute approximate surface area is 104 Å². The van der Waals surface area contributed by atoms with Crippen LogP contribution in [0.25, 0.3) is 0 Å². The van der Waals surface area contributed by atoms with Crippen LogP contribution in [0, 0.1) is 16.7 Å². The van der Waals surface area contributed by atoms with Crippen molar-refractivity contribution >= 4 is 5.97 Å². The summed E-state index contributed by atoms with van der Waals surface area (Å²) in [7, 11) is 0. The largest absolute Gasteiger partial charge is 0.481 e. The third kappa shape index (κ3) is 2.35. The maximum Gasteiger partial charge on any atom is 0.312 e. The second kappa shape index (κ2) is 4.27. The van der Waals surface area contributed by atoms with Gasteiger partial charge in [-0.15, -0.1) is 0 Å². The molecule has 2 N–H and O–H groups in total. The van der Waals surface area contributed by atoms with Gasteiger partial charge >= 0.3 is 5.97 Å². The van der Waals surface area contributed by atoms with E-state index in [9.17, 15) is 15.0 Å². The van der Waals surface area contributed by atoms with Crippen molar-refractivity contribution in [1.29, 1.82) is 0 Å². The van der Waals surface area contributed by atoms with Crippen LogP contribution in [-0.2, 0) is 4.79 Å². The van der Waals surface area contributed by atoms with Crippen LogP contribution in [0.4, 0.5) is 0 Å². The molecule has 2 unspecified atom stereocenters. The SMILES string of the molecule is CC(C)C(C)(C(=O)O)C1(O)CCCC(C)(C)C1. The van der Waals surface area contributed by atoms with Gasteiger partial charge in [-0.3, -0.25) is 4.79 Å². The Morgan fingerprint density at radius 3 is 2.18 bits per heavy atom. The summed E-state index contributed by atoms with van der Waals surface area (Å²) >= 11 is 0. The standard InChI is InChI=1S/C14H26O3/c1-10(2)13(5,11(15)16)14(17)8-6-7-12(3,4)9-14/h10,17H,6-9H2,1-5H3,(H,15,16). The van der Waals surface area contributed by atoms with E-state index >= 15 is 0 Å². The Morgan fingerprint density at radius 1 is 1.29 bits per heavy atom. The maximum absolute atomic E-state index is 11.6.